The Morgan fingerprint density at radius 2 is 0.520 bits per heavy atom. The lowest BCUT2D eigenvalue weighted by Gasteiger charge is -2.18. The molecule has 0 heterocycles. The minimum Gasteiger partial charge on any atom is -0.462 e. The second-order valence-corrected chi connectivity index (χ2v) is 21.6. The van der Waals surface area contributed by atoms with Crippen molar-refractivity contribution in [3.8, 4) is 0 Å². The molecule has 0 N–H and O–H groups in total. The summed E-state index contributed by atoms with van der Waals surface area (Å²) < 4.78 is 17.0. The van der Waals surface area contributed by atoms with Gasteiger partial charge in [-0.3, -0.25) is 14.4 Å². The van der Waals surface area contributed by atoms with Crippen LogP contribution in [0.25, 0.3) is 0 Å². The van der Waals surface area contributed by atoms with Crippen LogP contribution in [0.3, 0.4) is 0 Å². The lowest BCUT2D eigenvalue weighted by molar-refractivity contribution is -0.167. The molecule has 0 amide bonds. The Kier molecular flexibility index (Phi) is 60.7. The standard InChI is InChI=1S/C69H122O6/c1-4-7-10-13-16-19-22-25-28-31-33-34-35-36-37-39-41-44-47-50-53-56-59-62-68(71)74-65-66(64-73-67(70)61-58-55-52-49-46-43-40-30-27-24-21-18-15-12-9-6-3)75-69(72)63-60-57-54-51-48-45-42-38-32-29-26-23-20-17-14-11-8-5-2/h7,10,16,19-20,23,25,28-29,32-34,66H,4-6,8-9,11-15,17-18,21-22,24,26-27,30-31,35-65H2,1-3H3/b10-7-,19-16-,23-20-,28-25-,32-29-,34-33-. The lowest BCUT2D eigenvalue weighted by Crippen LogP contribution is -2.30. The molecule has 0 spiro atoms. The summed E-state index contributed by atoms with van der Waals surface area (Å²) in [5, 5.41) is 0. The number of rotatable bonds is 59. The molecule has 6 heteroatoms. The van der Waals surface area contributed by atoms with Crippen molar-refractivity contribution in [3.63, 3.8) is 0 Å². The molecular weight excluding hydrogens is 925 g/mol. The summed E-state index contributed by atoms with van der Waals surface area (Å²) in [4.78, 5) is 38.4. The molecule has 1 unspecified atom stereocenters. The van der Waals surface area contributed by atoms with Crippen LogP contribution in [0.4, 0.5) is 0 Å². The number of hydrogen-bond donors (Lipinski definition) is 0. The van der Waals surface area contributed by atoms with E-state index in [1.54, 1.807) is 0 Å². The van der Waals surface area contributed by atoms with Crippen LogP contribution in [-0.2, 0) is 28.6 Å². The Bertz CT molecular complexity index is 1390. The number of carbonyl (C=O) groups excluding carboxylic acids is 3. The molecule has 6 nitrogen and oxygen atoms in total. The van der Waals surface area contributed by atoms with Gasteiger partial charge in [-0.1, -0.05) is 293 Å². The third-order valence-electron chi connectivity index (χ3n) is 14.2. The van der Waals surface area contributed by atoms with E-state index in [4.69, 9.17) is 14.2 Å². The SMILES string of the molecule is CC/C=C\C/C=C\C/C=C\C/C=C\CCCCCCCCCCCCC(=O)OCC(COC(=O)CCCCCCCCCCCCCCCCCC)OC(=O)CCCCCCCCC/C=C\C/C=C\CCCCCC. The normalized spacial score (nSPS) is 12.5. The van der Waals surface area contributed by atoms with Crippen molar-refractivity contribution >= 4 is 17.9 Å². The minimum atomic E-state index is -0.781. The highest BCUT2D eigenvalue weighted by atomic mass is 16.6. The molecule has 0 bridgehead atoms. The van der Waals surface area contributed by atoms with E-state index < -0.39 is 6.10 Å². The molecular formula is C69H122O6. The average Bonchev–Trinajstić information content (AvgIpc) is 3.41. The number of unbranched alkanes of at least 4 members (excludes halogenated alkanes) is 36. The molecule has 0 aliphatic rings. The van der Waals surface area contributed by atoms with Gasteiger partial charge in [0.1, 0.15) is 13.2 Å². The molecule has 0 aromatic rings. The predicted octanol–water partition coefficient (Wildman–Crippen LogP) is 22.1. The third-order valence-corrected chi connectivity index (χ3v) is 14.2. The zero-order valence-electron chi connectivity index (χ0n) is 49.8. The molecule has 0 radical (unpaired) electrons. The molecule has 0 saturated heterocycles. The molecule has 1 atom stereocenters. The molecule has 0 aliphatic carbocycles. The van der Waals surface area contributed by atoms with Gasteiger partial charge in [0.25, 0.3) is 0 Å². The van der Waals surface area contributed by atoms with Gasteiger partial charge in [-0.05, 0) is 89.9 Å². The molecule has 0 rings (SSSR count). The fourth-order valence-electron chi connectivity index (χ4n) is 9.35. The fourth-order valence-corrected chi connectivity index (χ4v) is 9.35. The topological polar surface area (TPSA) is 78.9 Å². The van der Waals surface area contributed by atoms with Gasteiger partial charge in [0, 0.05) is 19.3 Å². The van der Waals surface area contributed by atoms with Gasteiger partial charge in [0.15, 0.2) is 6.10 Å². The Hall–Kier alpha value is -3.15. The summed E-state index contributed by atoms with van der Waals surface area (Å²) in [6, 6.07) is 0. The fraction of sp³-hybridized carbons (Fsp3) is 0.783. The van der Waals surface area contributed by atoms with Crippen LogP contribution in [0.1, 0.15) is 329 Å². The largest absolute Gasteiger partial charge is 0.462 e. The minimum absolute atomic E-state index is 0.0764. The van der Waals surface area contributed by atoms with Gasteiger partial charge in [-0.2, -0.15) is 0 Å². The second-order valence-electron chi connectivity index (χ2n) is 21.6. The molecule has 0 aromatic heterocycles. The van der Waals surface area contributed by atoms with Crippen molar-refractivity contribution in [2.75, 3.05) is 13.2 Å². The molecule has 0 aromatic carbocycles. The van der Waals surface area contributed by atoms with Crippen molar-refractivity contribution in [2.45, 2.75) is 335 Å². The molecule has 0 fully saturated rings. The van der Waals surface area contributed by atoms with E-state index >= 15 is 0 Å². The van der Waals surface area contributed by atoms with Gasteiger partial charge in [0.2, 0.25) is 0 Å². The second kappa shape index (κ2) is 63.4. The zero-order chi connectivity index (χ0) is 54.3. The van der Waals surface area contributed by atoms with Crippen LogP contribution in [-0.4, -0.2) is 37.2 Å². The van der Waals surface area contributed by atoms with Gasteiger partial charge < -0.3 is 14.2 Å². The van der Waals surface area contributed by atoms with Gasteiger partial charge >= 0.3 is 17.9 Å². The van der Waals surface area contributed by atoms with Gasteiger partial charge in [0.05, 0.1) is 0 Å². The van der Waals surface area contributed by atoms with Crippen molar-refractivity contribution in [2.24, 2.45) is 0 Å². The Morgan fingerprint density at radius 1 is 0.280 bits per heavy atom. The van der Waals surface area contributed by atoms with Crippen LogP contribution in [0, 0.1) is 0 Å². The number of ether oxygens (including phenoxy) is 3. The number of hydrogen-bond acceptors (Lipinski definition) is 6. The van der Waals surface area contributed by atoms with E-state index in [9.17, 15) is 14.4 Å². The Morgan fingerprint density at radius 3 is 0.827 bits per heavy atom. The number of carbonyl (C=O) groups is 3. The highest BCUT2D eigenvalue weighted by Crippen LogP contribution is 2.17. The molecule has 0 saturated carbocycles. The van der Waals surface area contributed by atoms with Crippen LogP contribution < -0.4 is 0 Å². The van der Waals surface area contributed by atoms with Crippen LogP contribution in [0.15, 0.2) is 72.9 Å². The summed E-state index contributed by atoms with van der Waals surface area (Å²) in [6.45, 7) is 6.55. The molecule has 434 valence electrons. The van der Waals surface area contributed by atoms with Gasteiger partial charge in [-0.15, -0.1) is 0 Å². The van der Waals surface area contributed by atoms with Crippen molar-refractivity contribution in [1.29, 1.82) is 0 Å². The van der Waals surface area contributed by atoms with E-state index in [1.165, 1.54) is 193 Å². The maximum atomic E-state index is 12.9. The van der Waals surface area contributed by atoms with Gasteiger partial charge in [-0.25, -0.2) is 0 Å². The van der Waals surface area contributed by atoms with E-state index in [0.29, 0.717) is 19.3 Å². The highest BCUT2D eigenvalue weighted by molar-refractivity contribution is 5.71. The first-order chi connectivity index (χ1) is 37.0. The Balaban J connectivity index is 4.35. The van der Waals surface area contributed by atoms with Crippen LogP contribution in [0.2, 0.25) is 0 Å². The van der Waals surface area contributed by atoms with Crippen molar-refractivity contribution < 1.29 is 28.6 Å². The average molecular weight is 1050 g/mol. The number of allylic oxidation sites excluding steroid dienone is 12. The first-order valence-electron chi connectivity index (χ1n) is 32.4. The van der Waals surface area contributed by atoms with E-state index in [1.807, 2.05) is 0 Å². The first kappa shape index (κ1) is 71.8. The summed E-state index contributed by atoms with van der Waals surface area (Å²) >= 11 is 0. The van der Waals surface area contributed by atoms with Crippen LogP contribution in [0.5, 0.6) is 0 Å². The Labute approximate surface area is 465 Å². The lowest BCUT2D eigenvalue weighted by atomic mass is 10.0. The monoisotopic (exact) mass is 1050 g/mol. The summed E-state index contributed by atoms with van der Waals surface area (Å²) in [6.07, 6.45) is 81.8. The predicted molar refractivity (Wildman–Crippen MR) is 325 cm³/mol. The zero-order valence-corrected chi connectivity index (χ0v) is 49.8. The van der Waals surface area contributed by atoms with Crippen molar-refractivity contribution in [1.82, 2.24) is 0 Å². The first-order valence-corrected chi connectivity index (χ1v) is 32.4. The van der Waals surface area contributed by atoms with E-state index in [0.717, 1.165) is 96.3 Å². The quantitative estimate of drug-likeness (QED) is 0.0261. The molecule has 0 aliphatic heterocycles. The van der Waals surface area contributed by atoms with E-state index in [-0.39, 0.29) is 31.1 Å². The third kappa shape index (κ3) is 61.6. The van der Waals surface area contributed by atoms with Crippen LogP contribution >= 0.6 is 0 Å². The summed E-state index contributed by atoms with van der Waals surface area (Å²) in [5.74, 6) is -0.871. The smallest absolute Gasteiger partial charge is 0.306 e. The summed E-state index contributed by atoms with van der Waals surface area (Å²) in [7, 11) is 0. The molecule has 75 heavy (non-hydrogen) atoms. The van der Waals surface area contributed by atoms with E-state index in [2.05, 4.69) is 93.7 Å². The van der Waals surface area contributed by atoms with Crippen molar-refractivity contribution in [3.05, 3.63) is 72.9 Å². The highest BCUT2D eigenvalue weighted by Gasteiger charge is 2.19. The number of esters is 3. The maximum absolute atomic E-state index is 12.9. The summed E-state index contributed by atoms with van der Waals surface area (Å²) in [5.41, 5.74) is 0. The maximum Gasteiger partial charge on any atom is 0.306 e.